The number of hydrogen-bond acceptors (Lipinski definition) is 0. The molecule has 0 N–H and O–H groups in total. The van der Waals surface area contributed by atoms with Crippen molar-refractivity contribution in [3.05, 3.63) is 67.1 Å². The lowest BCUT2D eigenvalue weighted by Crippen LogP contribution is -1.99. The first-order valence-corrected chi connectivity index (χ1v) is 7.53. The van der Waals surface area contributed by atoms with Crippen LogP contribution in [0.1, 0.15) is 16.5 Å². The van der Waals surface area contributed by atoms with E-state index in [1.54, 1.807) is 0 Å². The van der Waals surface area contributed by atoms with Gasteiger partial charge >= 0.3 is 0 Å². The first kappa shape index (κ1) is 15.2. The summed E-state index contributed by atoms with van der Waals surface area (Å²) in [6.45, 7) is 0. The Balaban J connectivity index is 2.52. The third-order valence-electron chi connectivity index (χ3n) is 2.54. The molecule has 0 heterocycles. The van der Waals surface area contributed by atoms with Crippen LogP contribution in [0.3, 0.4) is 0 Å². The summed E-state index contributed by atoms with van der Waals surface area (Å²) < 4.78 is 28.2. The van der Waals surface area contributed by atoms with Gasteiger partial charge in [-0.1, -0.05) is 27.5 Å². The van der Waals surface area contributed by atoms with Crippen LogP contribution in [-0.4, -0.2) is 0 Å². The number of benzene rings is 2. The molecule has 0 bridgehead atoms. The monoisotopic (exact) mass is 428 g/mol. The molecule has 6 heteroatoms. The molecule has 0 saturated carbocycles. The van der Waals surface area contributed by atoms with Crippen LogP contribution in [-0.2, 0) is 0 Å². The maximum Gasteiger partial charge on any atom is 0.129 e. The SMILES string of the molecule is Fc1ccc(Br)c(C(Cl)c2cc(Cl)c(Br)cc2F)c1. The highest BCUT2D eigenvalue weighted by Crippen LogP contribution is 2.38. The summed E-state index contributed by atoms with van der Waals surface area (Å²) in [5.74, 6) is -0.945. The molecule has 0 fully saturated rings. The van der Waals surface area contributed by atoms with Crippen molar-refractivity contribution in [2.75, 3.05) is 0 Å². The van der Waals surface area contributed by atoms with E-state index in [1.807, 2.05) is 0 Å². The maximum absolute atomic E-state index is 13.9. The molecule has 2 rings (SSSR count). The molecule has 0 radical (unpaired) electrons. The van der Waals surface area contributed by atoms with Crippen molar-refractivity contribution in [2.45, 2.75) is 5.38 Å². The molecular weight excluding hydrogens is 425 g/mol. The molecule has 0 nitrogen and oxygen atoms in total. The van der Waals surface area contributed by atoms with Gasteiger partial charge in [-0.25, -0.2) is 8.78 Å². The fourth-order valence-corrected chi connectivity index (χ4v) is 3.05. The molecular formula is C13H6Br2Cl2F2. The summed E-state index contributed by atoms with van der Waals surface area (Å²) in [5.41, 5.74) is 0.639. The molecule has 0 aliphatic carbocycles. The molecule has 0 aromatic heterocycles. The highest BCUT2D eigenvalue weighted by molar-refractivity contribution is 9.10. The third-order valence-corrected chi connectivity index (χ3v) is 4.93. The van der Waals surface area contributed by atoms with Gasteiger partial charge in [0.15, 0.2) is 0 Å². The minimum atomic E-state index is -0.837. The van der Waals surface area contributed by atoms with Crippen LogP contribution in [0.4, 0.5) is 8.78 Å². The lowest BCUT2D eigenvalue weighted by molar-refractivity contribution is 0.608. The Bertz CT molecular complexity index is 632. The standard InChI is InChI=1S/C13H6Br2Cl2F2/c14-9-2-1-6(18)3-7(9)13(17)8-4-11(16)10(15)5-12(8)19/h1-5,13H. The van der Waals surface area contributed by atoms with Gasteiger partial charge in [-0.15, -0.1) is 11.6 Å². The van der Waals surface area contributed by atoms with E-state index in [0.717, 1.165) is 0 Å². The number of rotatable bonds is 2. The molecule has 0 aliphatic heterocycles. The average molecular weight is 431 g/mol. The van der Waals surface area contributed by atoms with Crippen LogP contribution in [0, 0.1) is 11.6 Å². The van der Waals surface area contributed by atoms with Crippen molar-refractivity contribution in [3.63, 3.8) is 0 Å². The van der Waals surface area contributed by atoms with E-state index in [4.69, 9.17) is 23.2 Å². The van der Waals surface area contributed by atoms with Crippen LogP contribution >= 0.6 is 55.1 Å². The van der Waals surface area contributed by atoms with Gasteiger partial charge in [0.05, 0.1) is 10.4 Å². The van der Waals surface area contributed by atoms with E-state index in [-0.39, 0.29) is 5.56 Å². The number of hydrogen-bond donors (Lipinski definition) is 0. The largest absolute Gasteiger partial charge is 0.207 e. The van der Waals surface area contributed by atoms with Gasteiger partial charge < -0.3 is 0 Å². The second kappa shape index (κ2) is 6.08. The molecule has 2 aromatic carbocycles. The second-order valence-electron chi connectivity index (χ2n) is 3.82. The first-order chi connectivity index (χ1) is 8.90. The van der Waals surface area contributed by atoms with Crippen molar-refractivity contribution in [2.24, 2.45) is 0 Å². The molecule has 0 aliphatic rings. The fraction of sp³-hybridized carbons (Fsp3) is 0.0769. The molecule has 0 spiro atoms. The Kier molecular flexibility index (Phi) is 4.88. The highest BCUT2D eigenvalue weighted by Gasteiger charge is 2.20. The Labute approximate surface area is 136 Å². The van der Waals surface area contributed by atoms with E-state index in [1.165, 1.54) is 30.3 Å². The van der Waals surface area contributed by atoms with E-state index in [2.05, 4.69) is 31.9 Å². The topological polar surface area (TPSA) is 0 Å². The zero-order valence-electron chi connectivity index (χ0n) is 9.23. The Hall–Kier alpha value is -0.160. The van der Waals surface area contributed by atoms with Crippen LogP contribution in [0.2, 0.25) is 5.02 Å². The maximum atomic E-state index is 13.9. The van der Waals surface area contributed by atoms with Gasteiger partial charge in [-0.2, -0.15) is 0 Å². The van der Waals surface area contributed by atoms with Crippen molar-refractivity contribution in [1.82, 2.24) is 0 Å². The summed E-state index contributed by atoms with van der Waals surface area (Å²) in [7, 11) is 0. The predicted octanol–water partition coefficient (Wildman–Crippen LogP) is 6.47. The Morgan fingerprint density at radius 2 is 1.63 bits per heavy atom. The van der Waals surface area contributed by atoms with Crippen molar-refractivity contribution in [3.8, 4) is 0 Å². The molecule has 100 valence electrons. The van der Waals surface area contributed by atoms with Crippen LogP contribution in [0.25, 0.3) is 0 Å². The summed E-state index contributed by atoms with van der Waals surface area (Å²) >= 11 is 18.6. The van der Waals surface area contributed by atoms with Gasteiger partial charge in [0, 0.05) is 14.5 Å². The first-order valence-electron chi connectivity index (χ1n) is 5.13. The summed E-state index contributed by atoms with van der Waals surface area (Å²) in [5, 5.41) is -0.495. The molecule has 1 atom stereocenters. The van der Waals surface area contributed by atoms with Gasteiger partial charge in [-0.3, -0.25) is 0 Å². The lowest BCUT2D eigenvalue weighted by Gasteiger charge is -2.14. The summed E-state index contributed by atoms with van der Waals surface area (Å²) in [6.07, 6.45) is 0. The van der Waals surface area contributed by atoms with Gasteiger partial charge in [-0.05, 0) is 51.8 Å². The normalized spacial score (nSPS) is 12.5. The molecule has 2 aromatic rings. The smallest absolute Gasteiger partial charge is 0.129 e. The van der Waals surface area contributed by atoms with Crippen molar-refractivity contribution >= 4 is 55.1 Å². The van der Waals surface area contributed by atoms with Gasteiger partial charge in [0.1, 0.15) is 11.6 Å². The van der Waals surface area contributed by atoms with E-state index < -0.39 is 17.0 Å². The summed E-state index contributed by atoms with van der Waals surface area (Å²) in [4.78, 5) is 0. The zero-order valence-corrected chi connectivity index (χ0v) is 13.9. The molecule has 0 saturated heterocycles. The number of alkyl halides is 1. The van der Waals surface area contributed by atoms with E-state index in [9.17, 15) is 8.78 Å². The Morgan fingerprint density at radius 3 is 2.32 bits per heavy atom. The predicted molar refractivity (Wildman–Crippen MR) is 80.9 cm³/mol. The highest BCUT2D eigenvalue weighted by atomic mass is 79.9. The average Bonchev–Trinajstić information content (AvgIpc) is 2.36. The molecule has 0 amide bonds. The van der Waals surface area contributed by atoms with Crippen molar-refractivity contribution in [1.29, 1.82) is 0 Å². The zero-order chi connectivity index (χ0) is 14.2. The third kappa shape index (κ3) is 3.30. The van der Waals surface area contributed by atoms with Crippen molar-refractivity contribution < 1.29 is 8.78 Å². The minimum absolute atomic E-state index is 0.196. The fourth-order valence-electron chi connectivity index (χ4n) is 1.61. The molecule has 19 heavy (non-hydrogen) atoms. The minimum Gasteiger partial charge on any atom is -0.207 e. The lowest BCUT2D eigenvalue weighted by atomic mass is 10.0. The second-order valence-corrected chi connectivity index (χ2v) is 6.37. The van der Waals surface area contributed by atoms with Crippen LogP contribution in [0.15, 0.2) is 39.3 Å². The number of halogens is 6. The van der Waals surface area contributed by atoms with E-state index in [0.29, 0.717) is 19.5 Å². The van der Waals surface area contributed by atoms with Gasteiger partial charge in [0.25, 0.3) is 0 Å². The van der Waals surface area contributed by atoms with Crippen LogP contribution in [0.5, 0.6) is 0 Å². The van der Waals surface area contributed by atoms with Crippen LogP contribution < -0.4 is 0 Å². The Morgan fingerprint density at radius 1 is 0.947 bits per heavy atom. The summed E-state index contributed by atoms with van der Waals surface area (Å²) in [6, 6.07) is 6.74. The van der Waals surface area contributed by atoms with Gasteiger partial charge in [0.2, 0.25) is 0 Å². The molecule has 1 unspecified atom stereocenters. The quantitative estimate of drug-likeness (QED) is 0.378. The van der Waals surface area contributed by atoms with E-state index >= 15 is 0 Å².